The number of aromatic nitrogens is 3. The largest absolute Gasteiger partial charge is 0.453 e. The van der Waals surface area contributed by atoms with Gasteiger partial charge in [-0.05, 0) is 36.4 Å². The summed E-state index contributed by atoms with van der Waals surface area (Å²) in [7, 11) is 1.82. The first kappa shape index (κ1) is 17.3. The van der Waals surface area contributed by atoms with Gasteiger partial charge >= 0.3 is 0 Å². The number of hydrogen-bond donors (Lipinski definition) is 1. The van der Waals surface area contributed by atoms with E-state index in [1.807, 2.05) is 37.4 Å². The van der Waals surface area contributed by atoms with Crippen LogP contribution in [0.4, 0.5) is 10.1 Å². The number of hydrogen-bond acceptors (Lipinski definition) is 5. The number of anilines is 1. The van der Waals surface area contributed by atoms with Crippen LogP contribution in [0.5, 0.6) is 0 Å². The molecule has 4 rings (SSSR count). The van der Waals surface area contributed by atoms with Crippen molar-refractivity contribution < 1.29 is 13.6 Å². The molecular formula is C19H15FN4O2S. The number of thioether (sulfide) groups is 1. The summed E-state index contributed by atoms with van der Waals surface area (Å²) in [5.74, 6) is 0.810. The molecule has 0 spiro atoms. The summed E-state index contributed by atoms with van der Waals surface area (Å²) in [6.45, 7) is 0. The molecule has 0 unspecified atom stereocenters. The molecule has 0 radical (unpaired) electrons. The Kier molecular flexibility index (Phi) is 4.64. The Balaban J connectivity index is 1.44. The number of halogens is 1. The fraction of sp³-hybridized carbons (Fsp3) is 0.105. The maximum absolute atomic E-state index is 12.9. The van der Waals surface area contributed by atoms with E-state index in [2.05, 4.69) is 15.5 Å². The van der Waals surface area contributed by atoms with Gasteiger partial charge in [0, 0.05) is 18.1 Å². The van der Waals surface area contributed by atoms with E-state index in [0.29, 0.717) is 22.4 Å². The molecule has 1 amide bonds. The molecule has 4 aromatic rings. The van der Waals surface area contributed by atoms with E-state index in [0.717, 1.165) is 11.0 Å². The lowest BCUT2D eigenvalue weighted by Gasteiger charge is -2.05. The van der Waals surface area contributed by atoms with E-state index in [1.165, 1.54) is 36.0 Å². The fourth-order valence-electron chi connectivity index (χ4n) is 2.61. The second-order valence-electron chi connectivity index (χ2n) is 5.86. The van der Waals surface area contributed by atoms with Crippen LogP contribution in [0.25, 0.3) is 22.6 Å². The molecule has 2 aromatic heterocycles. The van der Waals surface area contributed by atoms with Gasteiger partial charge in [-0.3, -0.25) is 4.79 Å². The van der Waals surface area contributed by atoms with Gasteiger partial charge in [-0.15, -0.1) is 10.2 Å². The quantitative estimate of drug-likeness (QED) is 0.526. The monoisotopic (exact) mass is 382 g/mol. The maximum Gasteiger partial charge on any atom is 0.234 e. The average Bonchev–Trinajstić information content (AvgIpc) is 3.25. The van der Waals surface area contributed by atoms with Crippen LogP contribution < -0.4 is 5.32 Å². The van der Waals surface area contributed by atoms with Crippen LogP contribution in [-0.4, -0.2) is 26.4 Å². The highest BCUT2D eigenvalue weighted by Crippen LogP contribution is 2.28. The zero-order valence-electron chi connectivity index (χ0n) is 14.3. The summed E-state index contributed by atoms with van der Waals surface area (Å²) in [4.78, 5) is 12.1. The summed E-state index contributed by atoms with van der Waals surface area (Å²) in [6.07, 6.45) is 0. The minimum absolute atomic E-state index is 0.156. The molecule has 2 aromatic carbocycles. The molecule has 136 valence electrons. The Hall–Kier alpha value is -3.13. The van der Waals surface area contributed by atoms with Crippen LogP contribution in [0.15, 0.2) is 64.2 Å². The van der Waals surface area contributed by atoms with Crippen LogP contribution in [-0.2, 0) is 11.8 Å². The standard InChI is InChI=1S/C19H15FN4O2S/c1-24-18(16-10-12-4-2-3-5-15(12)26-16)22-23-19(24)27-11-17(25)21-14-8-6-13(20)7-9-14/h2-10H,11H2,1H3,(H,21,25). The highest BCUT2D eigenvalue weighted by Gasteiger charge is 2.16. The van der Waals surface area contributed by atoms with Crippen molar-refractivity contribution in [2.45, 2.75) is 5.16 Å². The lowest BCUT2D eigenvalue weighted by atomic mass is 10.2. The van der Waals surface area contributed by atoms with E-state index in [9.17, 15) is 9.18 Å². The van der Waals surface area contributed by atoms with Gasteiger partial charge in [0.15, 0.2) is 16.7 Å². The molecule has 0 aliphatic carbocycles. The van der Waals surface area contributed by atoms with Crippen molar-refractivity contribution >= 4 is 34.3 Å². The Morgan fingerprint density at radius 1 is 1.19 bits per heavy atom. The number of benzene rings is 2. The second-order valence-corrected chi connectivity index (χ2v) is 6.80. The van der Waals surface area contributed by atoms with Crippen LogP contribution in [0, 0.1) is 5.82 Å². The molecule has 0 atom stereocenters. The minimum atomic E-state index is -0.348. The van der Waals surface area contributed by atoms with Crippen LogP contribution in [0.3, 0.4) is 0 Å². The maximum atomic E-state index is 12.9. The molecule has 0 bridgehead atoms. The summed E-state index contributed by atoms with van der Waals surface area (Å²) in [6, 6.07) is 15.2. The smallest absolute Gasteiger partial charge is 0.234 e. The number of nitrogens with one attached hydrogen (secondary N) is 1. The van der Waals surface area contributed by atoms with Gasteiger partial charge in [0.2, 0.25) is 5.91 Å². The highest BCUT2D eigenvalue weighted by molar-refractivity contribution is 7.99. The van der Waals surface area contributed by atoms with Gasteiger partial charge in [0.25, 0.3) is 0 Å². The summed E-state index contributed by atoms with van der Waals surface area (Å²) < 4.78 is 20.5. The second kappa shape index (κ2) is 7.24. The zero-order valence-corrected chi connectivity index (χ0v) is 15.2. The molecule has 0 saturated heterocycles. The van der Waals surface area contributed by atoms with E-state index < -0.39 is 0 Å². The van der Waals surface area contributed by atoms with Crippen molar-refractivity contribution in [3.63, 3.8) is 0 Å². The number of nitrogens with zero attached hydrogens (tertiary/aromatic N) is 3. The van der Waals surface area contributed by atoms with E-state index in [-0.39, 0.29) is 17.5 Å². The van der Waals surface area contributed by atoms with Gasteiger partial charge in [-0.1, -0.05) is 30.0 Å². The normalized spacial score (nSPS) is 11.0. The van der Waals surface area contributed by atoms with Crippen molar-refractivity contribution in [3.8, 4) is 11.6 Å². The number of carbonyl (C=O) groups excluding carboxylic acids is 1. The SMILES string of the molecule is Cn1c(SCC(=O)Nc2ccc(F)cc2)nnc1-c1cc2ccccc2o1. The van der Waals surface area contributed by atoms with Crippen molar-refractivity contribution in [2.24, 2.45) is 7.05 Å². The van der Waals surface area contributed by atoms with Gasteiger partial charge in [0.1, 0.15) is 11.4 Å². The topological polar surface area (TPSA) is 73.0 Å². The molecule has 6 nitrogen and oxygen atoms in total. The Morgan fingerprint density at radius 3 is 2.74 bits per heavy atom. The Labute approximate surface area is 158 Å². The number of carbonyl (C=O) groups is 1. The lowest BCUT2D eigenvalue weighted by molar-refractivity contribution is -0.113. The minimum Gasteiger partial charge on any atom is -0.453 e. The molecule has 27 heavy (non-hydrogen) atoms. The molecule has 0 fully saturated rings. The first-order valence-electron chi connectivity index (χ1n) is 8.17. The third-order valence-corrected chi connectivity index (χ3v) is 4.96. The van der Waals surface area contributed by atoms with Crippen LogP contribution in [0.1, 0.15) is 0 Å². The van der Waals surface area contributed by atoms with Crippen molar-refractivity contribution in [1.29, 1.82) is 0 Å². The van der Waals surface area contributed by atoms with E-state index >= 15 is 0 Å². The fourth-order valence-corrected chi connectivity index (χ4v) is 3.32. The number of fused-ring (bicyclic) bond motifs is 1. The third-order valence-electron chi connectivity index (χ3n) is 3.94. The molecule has 0 aliphatic rings. The first-order chi connectivity index (χ1) is 13.1. The van der Waals surface area contributed by atoms with Gasteiger partial charge in [0.05, 0.1) is 5.75 Å². The average molecular weight is 382 g/mol. The summed E-state index contributed by atoms with van der Waals surface area (Å²) in [5.41, 5.74) is 1.33. The Morgan fingerprint density at radius 2 is 1.96 bits per heavy atom. The first-order valence-corrected chi connectivity index (χ1v) is 9.15. The van der Waals surface area contributed by atoms with E-state index in [1.54, 1.807) is 4.57 Å². The lowest BCUT2D eigenvalue weighted by Crippen LogP contribution is -2.14. The van der Waals surface area contributed by atoms with Gasteiger partial charge < -0.3 is 14.3 Å². The molecule has 2 heterocycles. The molecular weight excluding hydrogens is 367 g/mol. The van der Waals surface area contributed by atoms with Crippen molar-refractivity contribution in [3.05, 3.63) is 60.4 Å². The molecule has 0 saturated carbocycles. The molecule has 0 aliphatic heterocycles. The predicted molar refractivity (Wildman–Crippen MR) is 102 cm³/mol. The number of amides is 1. The number of para-hydroxylation sites is 1. The summed E-state index contributed by atoms with van der Waals surface area (Å²) in [5, 5.41) is 12.6. The number of rotatable bonds is 5. The van der Waals surface area contributed by atoms with Gasteiger partial charge in [-0.2, -0.15) is 0 Å². The van der Waals surface area contributed by atoms with Crippen LogP contribution in [0.2, 0.25) is 0 Å². The van der Waals surface area contributed by atoms with Crippen molar-refractivity contribution in [1.82, 2.24) is 14.8 Å². The molecule has 8 heteroatoms. The third kappa shape index (κ3) is 3.70. The predicted octanol–water partition coefficient (Wildman–Crippen LogP) is 4.10. The Bertz CT molecular complexity index is 1070. The summed E-state index contributed by atoms with van der Waals surface area (Å²) >= 11 is 1.26. The van der Waals surface area contributed by atoms with Crippen LogP contribution >= 0.6 is 11.8 Å². The highest BCUT2D eigenvalue weighted by atomic mass is 32.2. The molecule has 1 N–H and O–H groups in total. The van der Waals surface area contributed by atoms with Gasteiger partial charge in [-0.25, -0.2) is 4.39 Å². The number of furan rings is 1. The zero-order chi connectivity index (χ0) is 18.8. The van der Waals surface area contributed by atoms with Crippen molar-refractivity contribution in [2.75, 3.05) is 11.1 Å². The van der Waals surface area contributed by atoms with E-state index in [4.69, 9.17) is 4.42 Å².